The molecule has 3 aromatic rings. The Balaban J connectivity index is 0.00000289. The van der Waals surface area contributed by atoms with Crippen molar-refractivity contribution in [2.75, 3.05) is 24.5 Å². The molecule has 4 rings (SSSR count). The number of halogens is 1. The molecule has 1 aliphatic rings. The second kappa shape index (κ2) is 12.2. The highest BCUT2D eigenvalue weighted by atomic mass is 127. The first-order valence-corrected chi connectivity index (χ1v) is 11.8. The Morgan fingerprint density at radius 2 is 1.91 bits per heavy atom. The fourth-order valence-corrected chi connectivity index (χ4v) is 4.47. The van der Waals surface area contributed by atoms with E-state index >= 15 is 0 Å². The van der Waals surface area contributed by atoms with Gasteiger partial charge in [0.15, 0.2) is 11.8 Å². The first kappa shape index (κ1) is 24.5. The van der Waals surface area contributed by atoms with Gasteiger partial charge in [-0.1, -0.05) is 24.3 Å². The highest BCUT2D eigenvalue weighted by Gasteiger charge is 2.20. The highest BCUT2D eigenvalue weighted by molar-refractivity contribution is 14.0. The van der Waals surface area contributed by atoms with Crippen LogP contribution in [0.25, 0.3) is 0 Å². The average molecular weight is 566 g/mol. The van der Waals surface area contributed by atoms with E-state index in [9.17, 15) is 0 Å². The van der Waals surface area contributed by atoms with Crippen LogP contribution in [0.4, 0.5) is 5.69 Å². The number of guanidine groups is 1. The molecule has 1 fully saturated rings. The van der Waals surface area contributed by atoms with E-state index < -0.39 is 0 Å². The van der Waals surface area contributed by atoms with Crippen LogP contribution in [0.5, 0.6) is 0 Å². The number of para-hydroxylation sites is 1. The van der Waals surface area contributed by atoms with Crippen LogP contribution in [0.3, 0.4) is 0 Å². The molecule has 0 unspecified atom stereocenters. The molecule has 32 heavy (non-hydrogen) atoms. The molecule has 0 atom stereocenters. The summed E-state index contributed by atoms with van der Waals surface area (Å²) in [5.74, 6) is 2.63. The van der Waals surface area contributed by atoms with E-state index in [1.54, 1.807) is 11.3 Å². The zero-order valence-electron chi connectivity index (χ0n) is 18.7. The Bertz CT molecular complexity index is 964. The van der Waals surface area contributed by atoms with Gasteiger partial charge in [0.1, 0.15) is 12.4 Å². The lowest BCUT2D eigenvalue weighted by atomic mass is 10.0. The van der Waals surface area contributed by atoms with Crippen LogP contribution < -0.4 is 15.5 Å². The summed E-state index contributed by atoms with van der Waals surface area (Å²) in [6, 6.07) is 15.4. The summed E-state index contributed by atoms with van der Waals surface area (Å²) in [7, 11) is 1.98. The number of aryl methyl sites for hydroxylation is 1. The third-order valence-corrected chi connectivity index (χ3v) is 6.70. The number of thiophene rings is 1. The zero-order valence-corrected chi connectivity index (χ0v) is 21.8. The Morgan fingerprint density at radius 1 is 1.12 bits per heavy atom. The Hall–Kier alpha value is -2.14. The number of nitrogens with one attached hydrogen (secondary N) is 2. The maximum atomic E-state index is 4.82. The summed E-state index contributed by atoms with van der Waals surface area (Å²) in [6.45, 7) is 5.42. The largest absolute Gasteiger partial charge is 0.371 e. The molecule has 1 saturated heterocycles. The summed E-state index contributed by atoms with van der Waals surface area (Å²) in [5, 5.41) is 17.7. The average Bonchev–Trinajstić information content (AvgIpc) is 3.43. The van der Waals surface area contributed by atoms with Crippen LogP contribution in [-0.4, -0.2) is 46.4 Å². The second-order valence-electron chi connectivity index (χ2n) is 7.88. The van der Waals surface area contributed by atoms with E-state index in [-0.39, 0.29) is 24.0 Å². The topological polar surface area (TPSA) is 70.4 Å². The first-order chi connectivity index (χ1) is 15.2. The fourth-order valence-electron chi connectivity index (χ4n) is 3.76. The summed E-state index contributed by atoms with van der Waals surface area (Å²) in [4.78, 5) is 8.66. The van der Waals surface area contributed by atoms with Crippen molar-refractivity contribution in [1.82, 2.24) is 25.4 Å². The lowest BCUT2D eigenvalue weighted by molar-refractivity contribution is 0.461. The molecule has 2 aromatic heterocycles. The SMILES string of the molecule is Cc1nnc(CN=C(NCCc2cccs2)NC2CCN(c3ccccc3)CC2)n1C.I. The van der Waals surface area contributed by atoms with Gasteiger partial charge in [0.2, 0.25) is 0 Å². The number of nitrogens with zero attached hydrogens (tertiary/aromatic N) is 5. The first-order valence-electron chi connectivity index (χ1n) is 10.9. The lowest BCUT2D eigenvalue weighted by Gasteiger charge is -2.34. The molecule has 0 bridgehead atoms. The molecule has 2 N–H and O–H groups in total. The Labute approximate surface area is 211 Å². The number of hydrogen-bond donors (Lipinski definition) is 2. The number of hydrogen-bond acceptors (Lipinski definition) is 5. The fraction of sp³-hybridized carbons (Fsp3) is 0.435. The minimum absolute atomic E-state index is 0. The normalized spacial score (nSPS) is 14.8. The molecule has 7 nitrogen and oxygen atoms in total. The van der Waals surface area contributed by atoms with Gasteiger partial charge in [-0.15, -0.1) is 45.5 Å². The highest BCUT2D eigenvalue weighted by Crippen LogP contribution is 2.19. The zero-order chi connectivity index (χ0) is 21.5. The number of anilines is 1. The van der Waals surface area contributed by atoms with Crippen LogP contribution in [0.2, 0.25) is 0 Å². The van der Waals surface area contributed by atoms with E-state index in [0.717, 1.165) is 56.5 Å². The summed E-state index contributed by atoms with van der Waals surface area (Å²) < 4.78 is 1.99. The van der Waals surface area contributed by atoms with E-state index in [1.807, 2.05) is 18.5 Å². The molecule has 0 saturated carbocycles. The van der Waals surface area contributed by atoms with Crippen LogP contribution in [-0.2, 0) is 20.0 Å². The van der Waals surface area contributed by atoms with Crippen molar-refractivity contribution in [1.29, 1.82) is 0 Å². The van der Waals surface area contributed by atoms with E-state index in [0.29, 0.717) is 12.6 Å². The molecule has 0 amide bonds. The molecular formula is C23H32IN7S. The standard InChI is InChI=1S/C23H31N7S.HI/c1-18-27-28-22(29(18)2)17-25-23(24-13-10-21-9-6-16-31-21)26-19-11-14-30(15-12-19)20-7-4-3-5-8-20;/h3-9,16,19H,10-15,17H2,1-2H3,(H2,24,25,26);1H. The molecule has 0 radical (unpaired) electrons. The van der Waals surface area contributed by atoms with Crippen molar-refractivity contribution < 1.29 is 0 Å². The summed E-state index contributed by atoms with van der Waals surface area (Å²) in [5.41, 5.74) is 1.31. The van der Waals surface area contributed by atoms with Crippen molar-refractivity contribution >= 4 is 47.0 Å². The predicted octanol–water partition coefficient (Wildman–Crippen LogP) is 3.75. The van der Waals surface area contributed by atoms with Crippen LogP contribution in [0.1, 0.15) is 29.4 Å². The van der Waals surface area contributed by atoms with Gasteiger partial charge in [-0.25, -0.2) is 4.99 Å². The van der Waals surface area contributed by atoms with Gasteiger partial charge in [-0.2, -0.15) is 0 Å². The van der Waals surface area contributed by atoms with Gasteiger partial charge < -0.3 is 20.1 Å². The smallest absolute Gasteiger partial charge is 0.191 e. The number of aliphatic imine (C=N–C) groups is 1. The van der Waals surface area contributed by atoms with Crippen molar-refractivity contribution in [2.24, 2.45) is 12.0 Å². The second-order valence-corrected chi connectivity index (χ2v) is 8.92. The van der Waals surface area contributed by atoms with E-state index in [2.05, 4.69) is 73.6 Å². The maximum Gasteiger partial charge on any atom is 0.191 e. The minimum atomic E-state index is 0. The molecule has 0 spiro atoms. The summed E-state index contributed by atoms with van der Waals surface area (Å²) in [6.07, 6.45) is 3.17. The monoisotopic (exact) mass is 565 g/mol. The Kier molecular flexibility index (Phi) is 9.34. The summed E-state index contributed by atoms with van der Waals surface area (Å²) >= 11 is 1.80. The van der Waals surface area contributed by atoms with Gasteiger partial charge in [0.05, 0.1) is 0 Å². The number of benzene rings is 1. The van der Waals surface area contributed by atoms with Gasteiger partial charge in [0.25, 0.3) is 0 Å². The van der Waals surface area contributed by atoms with Gasteiger partial charge in [0, 0.05) is 43.3 Å². The van der Waals surface area contributed by atoms with Gasteiger partial charge in [-0.3, -0.25) is 0 Å². The number of aromatic nitrogens is 3. The Morgan fingerprint density at radius 3 is 2.56 bits per heavy atom. The number of piperidine rings is 1. The van der Waals surface area contributed by atoms with Crippen LogP contribution in [0, 0.1) is 6.92 Å². The van der Waals surface area contributed by atoms with Crippen LogP contribution >= 0.6 is 35.3 Å². The quantitative estimate of drug-likeness (QED) is 0.260. The van der Waals surface area contributed by atoms with Crippen molar-refractivity contribution in [3.63, 3.8) is 0 Å². The predicted molar refractivity (Wildman–Crippen MR) is 143 cm³/mol. The third-order valence-electron chi connectivity index (χ3n) is 5.76. The minimum Gasteiger partial charge on any atom is -0.371 e. The maximum absolute atomic E-state index is 4.82. The van der Waals surface area contributed by atoms with E-state index in [4.69, 9.17) is 4.99 Å². The molecular weight excluding hydrogens is 533 g/mol. The molecule has 172 valence electrons. The lowest BCUT2D eigenvalue weighted by Crippen LogP contribution is -2.49. The molecule has 1 aromatic carbocycles. The molecule has 9 heteroatoms. The molecule has 0 aliphatic carbocycles. The molecule has 1 aliphatic heterocycles. The van der Waals surface area contributed by atoms with Gasteiger partial charge >= 0.3 is 0 Å². The third kappa shape index (κ3) is 6.68. The van der Waals surface area contributed by atoms with Crippen LogP contribution in [0.15, 0.2) is 52.8 Å². The van der Waals surface area contributed by atoms with Gasteiger partial charge in [-0.05, 0) is 49.8 Å². The van der Waals surface area contributed by atoms with Crippen molar-refractivity contribution in [2.45, 2.75) is 38.8 Å². The van der Waals surface area contributed by atoms with E-state index in [1.165, 1.54) is 10.6 Å². The van der Waals surface area contributed by atoms with Crippen molar-refractivity contribution in [3.8, 4) is 0 Å². The van der Waals surface area contributed by atoms with Crippen molar-refractivity contribution in [3.05, 3.63) is 64.4 Å². The number of rotatable bonds is 7. The molecule has 3 heterocycles.